The maximum atomic E-state index is 9.99. The number of nitrogens with zero attached hydrogens (tertiary/aromatic N) is 1. The van der Waals surface area contributed by atoms with Gasteiger partial charge in [0.05, 0.1) is 5.71 Å². The highest BCUT2D eigenvalue weighted by Crippen LogP contribution is 2.28. The van der Waals surface area contributed by atoms with Crippen molar-refractivity contribution < 1.29 is 10.3 Å². The Balaban J connectivity index is 2.42. The van der Waals surface area contributed by atoms with Crippen LogP contribution in [-0.4, -0.2) is 16.0 Å². The Morgan fingerprint density at radius 1 is 1.00 bits per heavy atom. The summed E-state index contributed by atoms with van der Waals surface area (Å²) in [5.41, 5.74) is 2.40. The monoisotopic (exact) mass is 333 g/mol. The quantitative estimate of drug-likeness (QED) is 0.195. The van der Waals surface area contributed by atoms with E-state index in [0.717, 1.165) is 6.42 Å². The molecule has 1 rings (SSSR count). The summed E-state index contributed by atoms with van der Waals surface area (Å²) >= 11 is 0. The Bertz CT molecular complexity index is 497. The Kier molecular flexibility index (Phi) is 10.2. The maximum absolute atomic E-state index is 9.99. The topological polar surface area (TPSA) is 52.8 Å². The van der Waals surface area contributed by atoms with Crippen LogP contribution in [0.1, 0.15) is 102 Å². The molecule has 1 aromatic carbocycles. The fourth-order valence-electron chi connectivity index (χ4n) is 3.16. The Morgan fingerprint density at radius 2 is 1.62 bits per heavy atom. The van der Waals surface area contributed by atoms with Gasteiger partial charge in [-0.25, -0.2) is 0 Å². The van der Waals surface area contributed by atoms with Crippen LogP contribution in [0.4, 0.5) is 0 Å². The number of benzene rings is 1. The molecule has 0 spiro atoms. The van der Waals surface area contributed by atoms with Gasteiger partial charge in [0.1, 0.15) is 5.75 Å². The molecule has 1 aromatic rings. The molecule has 1 atom stereocenters. The first-order valence-electron chi connectivity index (χ1n) is 9.68. The smallest absolute Gasteiger partial charge is 0.124 e. The molecule has 3 nitrogen and oxygen atoms in total. The van der Waals surface area contributed by atoms with Crippen LogP contribution >= 0.6 is 0 Å². The first kappa shape index (κ1) is 20.5. The number of phenolic OH excluding ortho intramolecular Hbond substituents is 1. The molecule has 0 aliphatic rings. The Morgan fingerprint density at radius 3 is 2.21 bits per heavy atom. The highest BCUT2D eigenvalue weighted by Gasteiger charge is 2.12. The van der Waals surface area contributed by atoms with Crippen molar-refractivity contribution >= 4 is 5.71 Å². The highest BCUT2D eigenvalue weighted by molar-refractivity contribution is 6.02. The van der Waals surface area contributed by atoms with Crippen molar-refractivity contribution in [3.63, 3.8) is 0 Å². The van der Waals surface area contributed by atoms with Crippen molar-refractivity contribution in [1.29, 1.82) is 0 Å². The molecule has 0 saturated carbocycles. The summed E-state index contributed by atoms with van der Waals surface area (Å²) in [5.74, 6) is 0.647. The molecular formula is C21H35NO2. The van der Waals surface area contributed by atoms with Gasteiger partial charge in [-0.05, 0) is 36.5 Å². The zero-order chi connectivity index (χ0) is 17.8. The van der Waals surface area contributed by atoms with E-state index in [1.807, 2.05) is 19.1 Å². The van der Waals surface area contributed by atoms with Gasteiger partial charge in [-0.1, -0.05) is 83.4 Å². The van der Waals surface area contributed by atoms with Crippen LogP contribution in [0.5, 0.6) is 5.75 Å². The summed E-state index contributed by atoms with van der Waals surface area (Å²) in [6, 6.07) is 5.68. The van der Waals surface area contributed by atoms with Crippen molar-refractivity contribution in [2.24, 2.45) is 5.16 Å². The normalized spacial score (nSPS) is 13.2. The van der Waals surface area contributed by atoms with Crippen LogP contribution in [0.2, 0.25) is 0 Å². The van der Waals surface area contributed by atoms with E-state index in [1.54, 1.807) is 6.07 Å². The van der Waals surface area contributed by atoms with Crippen molar-refractivity contribution in [3.8, 4) is 5.75 Å². The van der Waals surface area contributed by atoms with Gasteiger partial charge in [0.15, 0.2) is 0 Å². The number of phenols is 1. The molecule has 1 unspecified atom stereocenters. The number of hydrogen-bond donors (Lipinski definition) is 2. The zero-order valence-corrected chi connectivity index (χ0v) is 15.7. The number of oxime groups is 1. The third kappa shape index (κ3) is 6.94. The largest absolute Gasteiger partial charge is 0.507 e. The van der Waals surface area contributed by atoms with Gasteiger partial charge in [0.25, 0.3) is 0 Å². The maximum Gasteiger partial charge on any atom is 0.124 e. The molecule has 3 heteroatoms. The third-order valence-corrected chi connectivity index (χ3v) is 4.85. The van der Waals surface area contributed by atoms with Crippen LogP contribution in [0.15, 0.2) is 23.4 Å². The first-order valence-corrected chi connectivity index (χ1v) is 9.68. The molecule has 0 aliphatic carbocycles. The van der Waals surface area contributed by atoms with E-state index in [1.165, 1.54) is 56.9 Å². The van der Waals surface area contributed by atoms with Gasteiger partial charge in [0, 0.05) is 5.56 Å². The lowest BCUT2D eigenvalue weighted by Gasteiger charge is -2.14. The van der Waals surface area contributed by atoms with E-state index < -0.39 is 0 Å². The molecule has 0 amide bonds. The van der Waals surface area contributed by atoms with E-state index in [9.17, 15) is 5.11 Å². The molecule has 0 bridgehead atoms. The molecule has 0 radical (unpaired) electrons. The van der Waals surface area contributed by atoms with Gasteiger partial charge in [-0.15, -0.1) is 0 Å². The van der Waals surface area contributed by atoms with Crippen LogP contribution in [0, 0.1) is 0 Å². The lowest BCUT2D eigenvalue weighted by atomic mass is 9.92. The van der Waals surface area contributed by atoms with Gasteiger partial charge in [-0.3, -0.25) is 0 Å². The minimum Gasteiger partial charge on any atom is -0.507 e. The third-order valence-electron chi connectivity index (χ3n) is 4.85. The number of aromatic hydroxyl groups is 1. The summed E-state index contributed by atoms with van der Waals surface area (Å²) in [5, 5.41) is 22.4. The highest BCUT2D eigenvalue weighted by atomic mass is 16.4. The molecule has 0 fully saturated rings. The van der Waals surface area contributed by atoms with E-state index in [0.29, 0.717) is 23.6 Å². The van der Waals surface area contributed by atoms with Gasteiger partial charge >= 0.3 is 0 Å². The van der Waals surface area contributed by atoms with E-state index in [4.69, 9.17) is 5.21 Å². The molecule has 0 saturated heterocycles. The number of rotatable bonds is 12. The van der Waals surface area contributed by atoms with E-state index >= 15 is 0 Å². The van der Waals surface area contributed by atoms with Crippen LogP contribution < -0.4 is 0 Å². The summed E-state index contributed by atoms with van der Waals surface area (Å²) in [4.78, 5) is 0. The molecule has 2 N–H and O–H groups in total. The molecule has 0 aliphatic heterocycles. The number of hydrogen-bond acceptors (Lipinski definition) is 3. The second kappa shape index (κ2) is 11.9. The predicted octanol–water partition coefficient (Wildman–Crippen LogP) is 6.61. The second-order valence-electron chi connectivity index (χ2n) is 6.84. The fourth-order valence-corrected chi connectivity index (χ4v) is 3.16. The first-order chi connectivity index (χ1) is 11.6. The SMILES string of the molecule is CCCCCCCCCCC(C)c1ccc(O)c(C(CC)=NO)c1. The van der Waals surface area contributed by atoms with Crippen LogP contribution in [-0.2, 0) is 0 Å². The standard InChI is InChI=1S/C21H35NO2/c1-4-6-7-8-9-10-11-12-13-17(3)18-14-15-21(23)19(16-18)20(5-2)22-24/h14-17,23-24H,4-13H2,1-3H3. The molecule has 0 heterocycles. The van der Waals surface area contributed by atoms with Crippen molar-refractivity contribution in [2.75, 3.05) is 0 Å². The Labute approximate surface area is 147 Å². The summed E-state index contributed by atoms with van der Waals surface area (Å²) in [7, 11) is 0. The van der Waals surface area contributed by atoms with Gasteiger partial charge < -0.3 is 10.3 Å². The fraction of sp³-hybridized carbons (Fsp3) is 0.667. The Hall–Kier alpha value is -1.51. The number of unbranched alkanes of at least 4 members (excludes halogenated alkanes) is 7. The minimum absolute atomic E-state index is 0.188. The summed E-state index contributed by atoms with van der Waals surface area (Å²) in [6.45, 7) is 6.41. The molecular weight excluding hydrogens is 298 g/mol. The average molecular weight is 334 g/mol. The van der Waals surface area contributed by atoms with Gasteiger partial charge in [-0.2, -0.15) is 0 Å². The predicted molar refractivity (Wildman–Crippen MR) is 102 cm³/mol. The molecule has 136 valence electrons. The second-order valence-corrected chi connectivity index (χ2v) is 6.84. The zero-order valence-electron chi connectivity index (χ0n) is 15.7. The summed E-state index contributed by atoms with van der Waals surface area (Å²) < 4.78 is 0. The average Bonchev–Trinajstić information content (AvgIpc) is 2.59. The van der Waals surface area contributed by atoms with E-state index in [2.05, 4.69) is 19.0 Å². The van der Waals surface area contributed by atoms with Crippen molar-refractivity contribution in [2.45, 2.75) is 90.9 Å². The lowest BCUT2D eigenvalue weighted by Crippen LogP contribution is -2.02. The molecule has 24 heavy (non-hydrogen) atoms. The van der Waals surface area contributed by atoms with Crippen molar-refractivity contribution in [1.82, 2.24) is 0 Å². The lowest BCUT2D eigenvalue weighted by molar-refractivity contribution is 0.318. The minimum atomic E-state index is 0.188. The molecule has 0 aromatic heterocycles. The van der Waals surface area contributed by atoms with Gasteiger partial charge in [0.2, 0.25) is 0 Å². The van der Waals surface area contributed by atoms with E-state index in [-0.39, 0.29) is 5.75 Å². The van der Waals surface area contributed by atoms with Crippen LogP contribution in [0.25, 0.3) is 0 Å². The van der Waals surface area contributed by atoms with Crippen molar-refractivity contribution in [3.05, 3.63) is 29.3 Å². The van der Waals surface area contributed by atoms with Crippen LogP contribution in [0.3, 0.4) is 0 Å². The summed E-state index contributed by atoms with van der Waals surface area (Å²) in [6.07, 6.45) is 12.5.